The summed E-state index contributed by atoms with van der Waals surface area (Å²) in [6, 6.07) is 3.98. The number of carboxylic acids is 1. The topological polar surface area (TPSA) is 40.5 Å². The SMILES string of the molecule is Cc1cc(/C=C/C(=O)O)cc(C)c1N(C)C. The van der Waals surface area contributed by atoms with Gasteiger partial charge in [-0.15, -0.1) is 0 Å². The molecular formula is C13H17NO2. The van der Waals surface area contributed by atoms with Crippen LogP contribution in [0.1, 0.15) is 16.7 Å². The third-order valence-electron chi connectivity index (χ3n) is 2.38. The Balaban J connectivity index is 3.14. The zero-order chi connectivity index (χ0) is 12.3. The summed E-state index contributed by atoms with van der Waals surface area (Å²) in [5, 5.41) is 8.56. The number of hydrogen-bond donors (Lipinski definition) is 1. The van der Waals surface area contributed by atoms with E-state index in [9.17, 15) is 4.79 Å². The number of benzene rings is 1. The van der Waals surface area contributed by atoms with Gasteiger partial charge in [0, 0.05) is 25.9 Å². The Kier molecular flexibility index (Phi) is 3.72. The first-order valence-electron chi connectivity index (χ1n) is 5.11. The second-order valence-corrected chi connectivity index (χ2v) is 4.07. The quantitative estimate of drug-likeness (QED) is 0.794. The van der Waals surface area contributed by atoms with Crippen LogP contribution in [0.3, 0.4) is 0 Å². The Hall–Kier alpha value is -1.77. The van der Waals surface area contributed by atoms with E-state index in [0.29, 0.717) is 0 Å². The lowest BCUT2D eigenvalue weighted by molar-refractivity contribution is -0.131. The van der Waals surface area contributed by atoms with Gasteiger partial charge in [-0.25, -0.2) is 4.79 Å². The Morgan fingerprint density at radius 2 is 1.75 bits per heavy atom. The van der Waals surface area contributed by atoms with Crippen molar-refractivity contribution >= 4 is 17.7 Å². The molecule has 0 radical (unpaired) electrons. The van der Waals surface area contributed by atoms with Crippen molar-refractivity contribution in [3.05, 3.63) is 34.9 Å². The van der Waals surface area contributed by atoms with E-state index in [4.69, 9.17) is 5.11 Å². The number of anilines is 1. The molecule has 16 heavy (non-hydrogen) atoms. The van der Waals surface area contributed by atoms with Crippen molar-refractivity contribution in [3.8, 4) is 0 Å². The fourth-order valence-corrected chi connectivity index (χ4v) is 1.96. The maximum atomic E-state index is 10.4. The molecule has 0 heterocycles. The maximum absolute atomic E-state index is 10.4. The second kappa shape index (κ2) is 4.84. The highest BCUT2D eigenvalue weighted by atomic mass is 16.4. The highest BCUT2D eigenvalue weighted by Gasteiger charge is 2.05. The number of rotatable bonds is 3. The predicted octanol–water partition coefficient (Wildman–Crippen LogP) is 2.47. The van der Waals surface area contributed by atoms with Crippen molar-refractivity contribution in [2.45, 2.75) is 13.8 Å². The first-order chi connectivity index (χ1) is 7.41. The zero-order valence-electron chi connectivity index (χ0n) is 10.1. The molecule has 0 spiro atoms. The van der Waals surface area contributed by atoms with Gasteiger partial charge in [0.25, 0.3) is 0 Å². The van der Waals surface area contributed by atoms with Gasteiger partial charge in [0.05, 0.1) is 0 Å². The Labute approximate surface area is 96.0 Å². The molecule has 0 fully saturated rings. The van der Waals surface area contributed by atoms with Crippen LogP contribution in [0.2, 0.25) is 0 Å². The molecule has 0 aromatic heterocycles. The minimum absolute atomic E-state index is 0.919. The summed E-state index contributed by atoms with van der Waals surface area (Å²) < 4.78 is 0. The van der Waals surface area contributed by atoms with E-state index in [1.54, 1.807) is 6.08 Å². The molecule has 86 valence electrons. The van der Waals surface area contributed by atoms with Crippen molar-refractivity contribution in [2.75, 3.05) is 19.0 Å². The van der Waals surface area contributed by atoms with Crippen LogP contribution in [0, 0.1) is 13.8 Å². The fraction of sp³-hybridized carbons (Fsp3) is 0.308. The Bertz CT molecular complexity index is 411. The van der Waals surface area contributed by atoms with Crippen LogP contribution in [0.5, 0.6) is 0 Å². The van der Waals surface area contributed by atoms with Gasteiger partial charge >= 0.3 is 5.97 Å². The number of aliphatic carboxylic acids is 1. The van der Waals surface area contributed by atoms with Crippen LogP contribution in [0.25, 0.3) is 6.08 Å². The van der Waals surface area contributed by atoms with Crippen LogP contribution in [-0.2, 0) is 4.79 Å². The minimum Gasteiger partial charge on any atom is -0.478 e. The molecule has 3 heteroatoms. The van der Waals surface area contributed by atoms with Gasteiger partial charge < -0.3 is 10.0 Å². The van der Waals surface area contributed by atoms with Crippen molar-refractivity contribution < 1.29 is 9.90 Å². The molecule has 1 N–H and O–H groups in total. The highest BCUT2D eigenvalue weighted by Crippen LogP contribution is 2.25. The van der Waals surface area contributed by atoms with Gasteiger partial charge in [-0.3, -0.25) is 0 Å². The van der Waals surface area contributed by atoms with E-state index in [2.05, 4.69) is 4.90 Å². The van der Waals surface area contributed by atoms with Gasteiger partial charge in [0.2, 0.25) is 0 Å². The number of carbonyl (C=O) groups is 1. The molecule has 0 bridgehead atoms. The lowest BCUT2D eigenvalue weighted by Crippen LogP contribution is -2.12. The van der Waals surface area contributed by atoms with Gasteiger partial charge in [0.15, 0.2) is 0 Å². The second-order valence-electron chi connectivity index (χ2n) is 4.07. The average Bonchev–Trinajstić information content (AvgIpc) is 2.12. The summed E-state index contributed by atoms with van der Waals surface area (Å²) >= 11 is 0. The van der Waals surface area contributed by atoms with E-state index in [0.717, 1.165) is 22.8 Å². The molecule has 0 saturated heterocycles. The summed E-state index contributed by atoms with van der Waals surface area (Å²) in [6.07, 6.45) is 2.77. The van der Waals surface area contributed by atoms with Crippen molar-refractivity contribution in [2.24, 2.45) is 0 Å². The maximum Gasteiger partial charge on any atom is 0.328 e. The molecular weight excluding hydrogens is 202 g/mol. The average molecular weight is 219 g/mol. The minimum atomic E-state index is -0.924. The van der Waals surface area contributed by atoms with Gasteiger partial charge in [0.1, 0.15) is 0 Å². The third kappa shape index (κ3) is 2.86. The predicted molar refractivity (Wildman–Crippen MR) is 66.9 cm³/mol. The Morgan fingerprint density at radius 3 is 2.12 bits per heavy atom. The molecule has 3 nitrogen and oxygen atoms in total. The smallest absolute Gasteiger partial charge is 0.328 e. The third-order valence-corrected chi connectivity index (χ3v) is 2.38. The largest absolute Gasteiger partial charge is 0.478 e. The molecule has 1 aromatic rings. The summed E-state index contributed by atoms with van der Waals surface area (Å²) in [4.78, 5) is 12.5. The van der Waals surface area contributed by atoms with Crippen molar-refractivity contribution in [1.29, 1.82) is 0 Å². The van der Waals surface area contributed by atoms with E-state index < -0.39 is 5.97 Å². The molecule has 0 unspecified atom stereocenters. The first-order valence-corrected chi connectivity index (χ1v) is 5.11. The van der Waals surface area contributed by atoms with Crippen LogP contribution in [0.4, 0.5) is 5.69 Å². The molecule has 0 aliphatic heterocycles. The molecule has 1 aromatic carbocycles. The summed E-state index contributed by atoms with van der Waals surface area (Å²) in [7, 11) is 4.00. The van der Waals surface area contributed by atoms with E-state index >= 15 is 0 Å². The summed E-state index contributed by atoms with van der Waals surface area (Å²) in [5.74, 6) is -0.924. The molecule has 1 rings (SSSR count). The van der Waals surface area contributed by atoms with Crippen LogP contribution in [-0.4, -0.2) is 25.2 Å². The number of carboxylic acid groups (broad SMARTS) is 1. The monoisotopic (exact) mass is 219 g/mol. The standard InChI is InChI=1S/C13H17NO2/c1-9-7-11(5-6-12(15)16)8-10(2)13(9)14(3)4/h5-8H,1-4H3,(H,15,16)/b6-5+. The van der Waals surface area contributed by atoms with Crippen LogP contribution >= 0.6 is 0 Å². The number of hydrogen-bond acceptors (Lipinski definition) is 2. The molecule has 0 atom stereocenters. The number of nitrogens with zero attached hydrogens (tertiary/aromatic N) is 1. The fourth-order valence-electron chi connectivity index (χ4n) is 1.96. The summed E-state index contributed by atoms with van der Waals surface area (Å²) in [6.45, 7) is 4.06. The van der Waals surface area contributed by atoms with Gasteiger partial charge in [-0.1, -0.05) is 0 Å². The Morgan fingerprint density at radius 1 is 1.25 bits per heavy atom. The molecule has 0 aliphatic rings. The summed E-state index contributed by atoms with van der Waals surface area (Å²) in [5.41, 5.74) is 4.40. The van der Waals surface area contributed by atoms with E-state index in [1.165, 1.54) is 5.69 Å². The van der Waals surface area contributed by atoms with E-state index in [1.807, 2.05) is 40.1 Å². The molecule has 0 aliphatic carbocycles. The normalized spacial score (nSPS) is 10.8. The number of aryl methyl sites for hydroxylation is 2. The first kappa shape index (κ1) is 12.3. The van der Waals surface area contributed by atoms with Crippen molar-refractivity contribution in [1.82, 2.24) is 0 Å². The van der Waals surface area contributed by atoms with Crippen LogP contribution < -0.4 is 4.90 Å². The lowest BCUT2D eigenvalue weighted by atomic mass is 10.0. The zero-order valence-corrected chi connectivity index (χ0v) is 10.1. The van der Waals surface area contributed by atoms with Gasteiger partial charge in [-0.2, -0.15) is 0 Å². The van der Waals surface area contributed by atoms with Crippen LogP contribution in [0.15, 0.2) is 18.2 Å². The molecule has 0 amide bonds. The van der Waals surface area contributed by atoms with Crippen molar-refractivity contribution in [3.63, 3.8) is 0 Å². The molecule has 0 saturated carbocycles. The van der Waals surface area contributed by atoms with Gasteiger partial charge in [-0.05, 0) is 48.7 Å². The van der Waals surface area contributed by atoms with E-state index in [-0.39, 0.29) is 0 Å². The lowest BCUT2D eigenvalue weighted by Gasteiger charge is -2.19. The highest BCUT2D eigenvalue weighted by molar-refractivity contribution is 5.85.